The Balaban J connectivity index is 1.72. The molecule has 128 valence electrons. The average molecular weight is 341 g/mol. The number of imide groups is 1. The van der Waals surface area contributed by atoms with Crippen LogP contribution in [0, 0.1) is 5.82 Å². The first-order valence-corrected chi connectivity index (χ1v) is 7.66. The largest absolute Gasteiger partial charge is 0.344 e. The van der Waals surface area contributed by atoms with E-state index in [1.54, 1.807) is 37.3 Å². The molecular formula is C18H16FN3O3. The lowest BCUT2D eigenvalue weighted by Crippen LogP contribution is -2.48. The summed E-state index contributed by atoms with van der Waals surface area (Å²) in [6.07, 6.45) is -0.0839. The SMILES string of the molecule is CC1(c2ccccc2)NC(=O)N(NC(=O)Cc2ccc(F)cc2)C1=O. The van der Waals surface area contributed by atoms with E-state index >= 15 is 0 Å². The molecule has 2 aromatic carbocycles. The minimum Gasteiger partial charge on any atom is -0.318 e. The second-order valence-electron chi connectivity index (χ2n) is 5.90. The lowest BCUT2D eigenvalue weighted by Gasteiger charge is -2.22. The molecule has 0 aliphatic carbocycles. The molecule has 0 spiro atoms. The third-order valence-corrected chi connectivity index (χ3v) is 4.06. The molecule has 7 heteroatoms. The van der Waals surface area contributed by atoms with Crippen LogP contribution in [-0.2, 0) is 21.5 Å². The zero-order chi connectivity index (χ0) is 18.0. The molecule has 1 saturated heterocycles. The number of hydrogen-bond acceptors (Lipinski definition) is 3. The van der Waals surface area contributed by atoms with Gasteiger partial charge in [-0.25, -0.2) is 9.18 Å². The maximum absolute atomic E-state index is 12.9. The highest BCUT2D eigenvalue weighted by atomic mass is 19.1. The van der Waals surface area contributed by atoms with Gasteiger partial charge in [-0.1, -0.05) is 42.5 Å². The van der Waals surface area contributed by atoms with Crippen LogP contribution in [0.15, 0.2) is 54.6 Å². The Bertz CT molecular complexity index is 823. The van der Waals surface area contributed by atoms with Gasteiger partial charge in [0.05, 0.1) is 6.42 Å². The predicted octanol–water partition coefficient (Wildman–Crippen LogP) is 1.87. The normalized spacial score (nSPS) is 19.7. The first-order valence-electron chi connectivity index (χ1n) is 7.66. The van der Waals surface area contributed by atoms with Gasteiger partial charge in [0.15, 0.2) is 0 Å². The van der Waals surface area contributed by atoms with Gasteiger partial charge in [-0.3, -0.25) is 15.0 Å². The molecule has 4 amide bonds. The Hall–Kier alpha value is -3.22. The summed E-state index contributed by atoms with van der Waals surface area (Å²) in [6, 6.07) is 13.5. The number of carbonyl (C=O) groups excluding carboxylic acids is 3. The van der Waals surface area contributed by atoms with Crippen LogP contribution in [0.25, 0.3) is 0 Å². The molecular weight excluding hydrogens is 325 g/mol. The summed E-state index contributed by atoms with van der Waals surface area (Å²) in [5.41, 5.74) is 2.24. The standard InChI is InChI=1S/C18H16FN3O3/c1-18(13-5-3-2-4-6-13)16(24)22(17(25)20-18)21-15(23)11-12-7-9-14(19)10-8-12/h2-10H,11H2,1H3,(H,20,25)(H,21,23). The fraction of sp³-hybridized carbons (Fsp3) is 0.167. The van der Waals surface area contributed by atoms with E-state index in [0.717, 1.165) is 0 Å². The summed E-state index contributed by atoms with van der Waals surface area (Å²) in [5.74, 6) is -1.53. The Morgan fingerprint density at radius 1 is 1.12 bits per heavy atom. The number of urea groups is 1. The highest BCUT2D eigenvalue weighted by Crippen LogP contribution is 2.27. The molecule has 1 unspecified atom stereocenters. The summed E-state index contributed by atoms with van der Waals surface area (Å²) in [4.78, 5) is 36.9. The highest BCUT2D eigenvalue weighted by molar-refractivity contribution is 6.08. The van der Waals surface area contributed by atoms with Crippen molar-refractivity contribution in [2.45, 2.75) is 18.9 Å². The van der Waals surface area contributed by atoms with E-state index in [2.05, 4.69) is 10.7 Å². The van der Waals surface area contributed by atoms with Gasteiger partial charge >= 0.3 is 6.03 Å². The molecule has 3 rings (SSSR count). The van der Waals surface area contributed by atoms with Crippen LogP contribution in [0.3, 0.4) is 0 Å². The number of hydrogen-bond donors (Lipinski definition) is 2. The summed E-state index contributed by atoms with van der Waals surface area (Å²) >= 11 is 0. The maximum Gasteiger partial charge on any atom is 0.344 e. The van der Waals surface area contributed by atoms with E-state index in [4.69, 9.17) is 0 Å². The van der Waals surface area contributed by atoms with E-state index < -0.39 is 29.2 Å². The Kier molecular flexibility index (Phi) is 4.22. The molecule has 0 aromatic heterocycles. The lowest BCUT2D eigenvalue weighted by atomic mass is 9.92. The fourth-order valence-corrected chi connectivity index (χ4v) is 2.66. The summed E-state index contributed by atoms with van der Waals surface area (Å²) < 4.78 is 12.9. The van der Waals surface area contributed by atoms with Crippen molar-refractivity contribution in [3.05, 3.63) is 71.5 Å². The first kappa shape index (κ1) is 16.6. The Morgan fingerprint density at radius 2 is 1.76 bits per heavy atom. The molecule has 2 aromatic rings. The smallest absolute Gasteiger partial charge is 0.318 e. The van der Waals surface area contributed by atoms with Crippen molar-refractivity contribution in [2.24, 2.45) is 0 Å². The van der Waals surface area contributed by atoms with Crippen LogP contribution in [-0.4, -0.2) is 22.9 Å². The van der Waals surface area contributed by atoms with Gasteiger partial charge in [-0.05, 0) is 30.2 Å². The molecule has 25 heavy (non-hydrogen) atoms. The van der Waals surface area contributed by atoms with Crippen molar-refractivity contribution in [3.63, 3.8) is 0 Å². The van der Waals surface area contributed by atoms with Crippen molar-refractivity contribution in [1.29, 1.82) is 0 Å². The Morgan fingerprint density at radius 3 is 2.40 bits per heavy atom. The number of carbonyl (C=O) groups is 3. The first-order chi connectivity index (χ1) is 11.9. The number of benzene rings is 2. The molecule has 1 atom stereocenters. The highest BCUT2D eigenvalue weighted by Gasteiger charge is 2.49. The molecule has 6 nitrogen and oxygen atoms in total. The zero-order valence-corrected chi connectivity index (χ0v) is 13.5. The third-order valence-electron chi connectivity index (χ3n) is 4.06. The van der Waals surface area contributed by atoms with Gasteiger partial charge in [-0.2, -0.15) is 5.01 Å². The number of rotatable bonds is 4. The molecule has 1 heterocycles. The predicted molar refractivity (Wildman–Crippen MR) is 87.4 cm³/mol. The van der Waals surface area contributed by atoms with E-state index in [0.29, 0.717) is 16.1 Å². The van der Waals surface area contributed by atoms with Crippen molar-refractivity contribution in [2.75, 3.05) is 0 Å². The van der Waals surface area contributed by atoms with Crippen LogP contribution in [0.4, 0.5) is 9.18 Å². The van der Waals surface area contributed by atoms with Crippen LogP contribution < -0.4 is 10.7 Å². The van der Waals surface area contributed by atoms with Crippen molar-refractivity contribution >= 4 is 17.8 Å². The monoisotopic (exact) mass is 341 g/mol. The van der Waals surface area contributed by atoms with Crippen molar-refractivity contribution in [1.82, 2.24) is 15.8 Å². The average Bonchev–Trinajstić information content (AvgIpc) is 2.82. The van der Waals surface area contributed by atoms with Gasteiger partial charge in [0.2, 0.25) is 5.91 Å². The summed E-state index contributed by atoms with van der Waals surface area (Å²) in [5, 5.41) is 3.28. The molecule has 2 N–H and O–H groups in total. The second-order valence-corrected chi connectivity index (χ2v) is 5.90. The summed E-state index contributed by atoms with van der Waals surface area (Å²) in [6.45, 7) is 1.58. The maximum atomic E-state index is 12.9. The van der Waals surface area contributed by atoms with Gasteiger partial charge in [0.25, 0.3) is 5.91 Å². The summed E-state index contributed by atoms with van der Waals surface area (Å²) in [7, 11) is 0. The lowest BCUT2D eigenvalue weighted by molar-refractivity contribution is -0.138. The minimum absolute atomic E-state index is 0.0839. The zero-order valence-electron chi connectivity index (χ0n) is 13.5. The number of amides is 4. The molecule has 1 aliphatic rings. The van der Waals surface area contributed by atoms with Crippen LogP contribution in [0.2, 0.25) is 0 Å². The van der Waals surface area contributed by atoms with Gasteiger partial charge in [0.1, 0.15) is 11.4 Å². The molecule has 0 radical (unpaired) electrons. The van der Waals surface area contributed by atoms with E-state index in [9.17, 15) is 18.8 Å². The molecule has 1 aliphatic heterocycles. The second kappa shape index (κ2) is 6.35. The number of nitrogens with one attached hydrogen (secondary N) is 2. The van der Waals surface area contributed by atoms with E-state index in [1.807, 2.05) is 0 Å². The third kappa shape index (κ3) is 3.21. The molecule has 0 bridgehead atoms. The topological polar surface area (TPSA) is 78.5 Å². The van der Waals surface area contributed by atoms with Crippen LogP contribution in [0.1, 0.15) is 18.1 Å². The quantitative estimate of drug-likeness (QED) is 0.834. The van der Waals surface area contributed by atoms with Crippen LogP contribution in [0.5, 0.6) is 0 Å². The fourth-order valence-electron chi connectivity index (χ4n) is 2.66. The number of hydrazine groups is 1. The number of nitrogens with zero attached hydrogens (tertiary/aromatic N) is 1. The van der Waals surface area contributed by atoms with E-state index in [1.165, 1.54) is 24.3 Å². The number of halogens is 1. The van der Waals surface area contributed by atoms with Crippen molar-refractivity contribution < 1.29 is 18.8 Å². The van der Waals surface area contributed by atoms with Gasteiger partial charge < -0.3 is 5.32 Å². The van der Waals surface area contributed by atoms with Crippen LogP contribution >= 0.6 is 0 Å². The molecule has 1 fully saturated rings. The van der Waals surface area contributed by atoms with Crippen molar-refractivity contribution in [3.8, 4) is 0 Å². The van der Waals surface area contributed by atoms with E-state index in [-0.39, 0.29) is 6.42 Å². The van der Waals surface area contributed by atoms with Gasteiger partial charge in [0, 0.05) is 0 Å². The molecule has 0 saturated carbocycles. The Labute approximate surface area is 143 Å². The van der Waals surface area contributed by atoms with Gasteiger partial charge in [-0.15, -0.1) is 0 Å². The minimum atomic E-state index is -1.25.